The van der Waals surface area contributed by atoms with Gasteiger partial charge in [-0.3, -0.25) is 0 Å². The van der Waals surface area contributed by atoms with Crippen molar-refractivity contribution in [1.82, 2.24) is 19.9 Å². The topological polar surface area (TPSA) is 68.8 Å². The summed E-state index contributed by atoms with van der Waals surface area (Å²) in [5, 5.41) is 4.39. The van der Waals surface area contributed by atoms with Crippen LogP contribution in [0.25, 0.3) is 11.0 Å². The molecule has 96 valence electrons. The number of aromatic nitrogens is 3. The second-order valence-corrected chi connectivity index (χ2v) is 5.94. The average molecular weight is 357 g/mol. The first-order chi connectivity index (χ1) is 8.75. The summed E-state index contributed by atoms with van der Waals surface area (Å²) < 4.78 is 3.36. The zero-order valence-electron chi connectivity index (χ0n) is 10.1. The van der Waals surface area contributed by atoms with Crippen LogP contribution in [0.5, 0.6) is 0 Å². The van der Waals surface area contributed by atoms with E-state index in [2.05, 4.69) is 48.6 Å². The van der Waals surface area contributed by atoms with Gasteiger partial charge in [0.15, 0.2) is 0 Å². The molecule has 3 rings (SSSR count). The van der Waals surface area contributed by atoms with E-state index in [0.717, 1.165) is 40.2 Å². The number of nitrogen functional groups attached to an aromatic ring is 1. The number of halogens is 1. The van der Waals surface area contributed by atoms with Crippen molar-refractivity contribution < 1.29 is 0 Å². The number of piperidine rings is 1. The van der Waals surface area contributed by atoms with Crippen LogP contribution in [0, 0.1) is 9.49 Å². The van der Waals surface area contributed by atoms with Gasteiger partial charge in [-0.05, 0) is 54.4 Å². The van der Waals surface area contributed by atoms with Crippen LogP contribution in [0.4, 0.5) is 5.82 Å². The highest BCUT2D eigenvalue weighted by atomic mass is 127. The number of nitrogens with zero attached hydrogens (tertiary/aromatic N) is 3. The first-order valence-electron chi connectivity index (χ1n) is 6.21. The van der Waals surface area contributed by atoms with E-state index in [1.54, 1.807) is 6.33 Å². The number of fused-ring (bicyclic) bond motifs is 1. The van der Waals surface area contributed by atoms with Crippen LogP contribution < -0.4 is 11.1 Å². The molecule has 0 spiro atoms. The van der Waals surface area contributed by atoms with Crippen LogP contribution >= 0.6 is 22.6 Å². The van der Waals surface area contributed by atoms with E-state index in [9.17, 15) is 0 Å². The molecule has 18 heavy (non-hydrogen) atoms. The van der Waals surface area contributed by atoms with E-state index in [-0.39, 0.29) is 0 Å². The smallest absolute Gasteiger partial charge is 0.146 e. The van der Waals surface area contributed by atoms with Crippen molar-refractivity contribution in [3.8, 4) is 0 Å². The van der Waals surface area contributed by atoms with Crippen molar-refractivity contribution in [3.63, 3.8) is 0 Å². The van der Waals surface area contributed by atoms with Crippen LogP contribution in [0.2, 0.25) is 0 Å². The van der Waals surface area contributed by atoms with Crippen molar-refractivity contribution >= 4 is 39.4 Å². The van der Waals surface area contributed by atoms with Gasteiger partial charge in [0.2, 0.25) is 0 Å². The van der Waals surface area contributed by atoms with Crippen molar-refractivity contribution in [2.75, 3.05) is 18.8 Å². The molecule has 1 fully saturated rings. The zero-order valence-corrected chi connectivity index (χ0v) is 12.2. The maximum Gasteiger partial charge on any atom is 0.146 e. The van der Waals surface area contributed by atoms with Gasteiger partial charge in [-0.25, -0.2) is 9.97 Å². The highest BCUT2D eigenvalue weighted by Crippen LogP contribution is 2.26. The quantitative estimate of drug-likeness (QED) is 0.802. The minimum absolute atomic E-state index is 0.577. The Morgan fingerprint density at radius 3 is 2.94 bits per heavy atom. The lowest BCUT2D eigenvalue weighted by Crippen LogP contribution is -2.29. The highest BCUT2D eigenvalue weighted by molar-refractivity contribution is 14.1. The minimum atomic E-state index is 0.577. The van der Waals surface area contributed by atoms with Crippen molar-refractivity contribution in [2.45, 2.75) is 19.4 Å². The number of nitrogens with two attached hydrogens (primary N) is 1. The van der Waals surface area contributed by atoms with Crippen molar-refractivity contribution in [1.29, 1.82) is 0 Å². The summed E-state index contributed by atoms with van der Waals surface area (Å²) in [7, 11) is 0. The molecule has 0 bridgehead atoms. The normalized spacial score (nSPS) is 17.4. The fourth-order valence-electron chi connectivity index (χ4n) is 2.58. The van der Waals surface area contributed by atoms with Gasteiger partial charge in [-0.15, -0.1) is 0 Å². The molecule has 0 aromatic carbocycles. The second-order valence-electron chi connectivity index (χ2n) is 4.78. The summed E-state index contributed by atoms with van der Waals surface area (Å²) >= 11 is 2.31. The predicted molar refractivity (Wildman–Crippen MR) is 80.3 cm³/mol. The zero-order chi connectivity index (χ0) is 12.5. The van der Waals surface area contributed by atoms with Crippen LogP contribution in [-0.4, -0.2) is 27.6 Å². The molecule has 0 aliphatic carbocycles. The Morgan fingerprint density at radius 2 is 2.17 bits per heavy atom. The maximum absolute atomic E-state index is 5.92. The molecule has 1 aliphatic rings. The lowest BCUT2D eigenvalue weighted by molar-refractivity contribution is 0.336. The Kier molecular flexibility index (Phi) is 3.38. The summed E-state index contributed by atoms with van der Waals surface area (Å²) in [4.78, 5) is 8.45. The van der Waals surface area contributed by atoms with Gasteiger partial charge >= 0.3 is 0 Å². The molecule has 0 radical (unpaired) electrons. The van der Waals surface area contributed by atoms with Gasteiger partial charge < -0.3 is 15.6 Å². The molecule has 5 nitrogen and oxygen atoms in total. The summed E-state index contributed by atoms with van der Waals surface area (Å²) in [6.45, 7) is 3.27. The largest absolute Gasteiger partial charge is 0.383 e. The molecule has 3 heterocycles. The first kappa shape index (κ1) is 12.2. The minimum Gasteiger partial charge on any atom is -0.383 e. The van der Waals surface area contributed by atoms with E-state index in [0.29, 0.717) is 5.82 Å². The Hall–Kier alpha value is -0.890. The molecule has 3 N–H and O–H groups in total. The Morgan fingerprint density at radius 1 is 1.39 bits per heavy atom. The first-order valence-corrected chi connectivity index (χ1v) is 7.29. The number of hydrogen-bond acceptors (Lipinski definition) is 4. The Labute approximate surface area is 119 Å². The lowest BCUT2D eigenvalue weighted by Gasteiger charge is -2.23. The van der Waals surface area contributed by atoms with E-state index in [1.807, 2.05) is 0 Å². The number of rotatable bonds is 2. The third kappa shape index (κ3) is 2.18. The van der Waals surface area contributed by atoms with Crippen molar-refractivity contribution in [2.24, 2.45) is 5.92 Å². The van der Waals surface area contributed by atoms with Gasteiger partial charge in [0, 0.05) is 16.3 Å². The van der Waals surface area contributed by atoms with Gasteiger partial charge in [-0.2, -0.15) is 0 Å². The Balaban J connectivity index is 1.94. The molecular weight excluding hydrogens is 341 g/mol. The molecule has 1 aliphatic heterocycles. The maximum atomic E-state index is 5.92. The number of nitrogens with one attached hydrogen (secondary N) is 1. The summed E-state index contributed by atoms with van der Waals surface area (Å²) in [5.74, 6) is 1.31. The molecule has 0 amide bonds. The predicted octanol–water partition coefficient (Wildman–Crippen LogP) is 1.62. The highest BCUT2D eigenvalue weighted by Gasteiger charge is 2.17. The van der Waals surface area contributed by atoms with Crippen LogP contribution in [0.1, 0.15) is 12.8 Å². The monoisotopic (exact) mass is 357 g/mol. The van der Waals surface area contributed by atoms with Gasteiger partial charge in [0.05, 0.1) is 5.39 Å². The summed E-state index contributed by atoms with van der Waals surface area (Å²) in [6, 6.07) is 0. The second kappa shape index (κ2) is 5.00. The molecule has 2 aromatic heterocycles. The van der Waals surface area contributed by atoms with Crippen molar-refractivity contribution in [3.05, 3.63) is 16.1 Å². The average Bonchev–Trinajstić information content (AvgIpc) is 2.69. The van der Waals surface area contributed by atoms with Crippen LogP contribution in [0.3, 0.4) is 0 Å². The molecule has 0 unspecified atom stereocenters. The summed E-state index contributed by atoms with van der Waals surface area (Å²) in [6.07, 6.45) is 6.15. The van der Waals surface area contributed by atoms with Crippen LogP contribution in [-0.2, 0) is 6.54 Å². The fourth-order valence-corrected chi connectivity index (χ4v) is 3.43. The van der Waals surface area contributed by atoms with Crippen LogP contribution in [0.15, 0.2) is 12.5 Å². The molecule has 0 atom stereocenters. The third-order valence-electron chi connectivity index (χ3n) is 3.55. The SMILES string of the molecule is Nc1ncnc2c1c(I)cn2CC1CCNCC1. The Bertz CT molecular complexity index is 559. The van der Waals surface area contributed by atoms with Gasteiger partial charge in [0.25, 0.3) is 0 Å². The molecule has 1 saturated heterocycles. The van der Waals surface area contributed by atoms with E-state index in [1.165, 1.54) is 12.8 Å². The third-order valence-corrected chi connectivity index (χ3v) is 4.37. The van der Waals surface area contributed by atoms with E-state index >= 15 is 0 Å². The molecule has 6 heteroatoms. The van der Waals surface area contributed by atoms with E-state index in [4.69, 9.17) is 5.73 Å². The number of hydrogen-bond donors (Lipinski definition) is 2. The molecule has 2 aromatic rings. The number of anilines is 1. The fraction of sp³-hybridized carbons (Fsp3) is 0.500. The van der Waals surface area contributed by atoms with E-state index < -0.39 is 0 Å². The molecule has 0 saturated carbocycles. The standard InChI is InChI=1S/C12H16IN5/c13-9-6-18(5-8-1-3-15-4-2-8)12-10(9)11(14)16-7-17-12/h6-8,15H,1-5H2,(H2,14,16,17). The lowest BCUT2D eigenvalue weighted by atomic mass is 9.98. The van der Waals surface area contributed by atoms with Gasteiger partial charge in [0.1, 0.15) is 17.8 Å². The van der Waals surface area contributed by atoms with Gasteiger partial charge in [-0.1, -0.05) is 0 Å². The molecular formula is C12H16IN5. The summed E-state index contributed by atoms with van der Waals surface area (Å²) in [5.41, 5.74) is 6.89.